The van der Waals surface area contributed by atoms with Crippen LogP contribution in [0.15, 0.2) is 54.9 Å². The Labute approximate surface area is 144 Å². The van der Waals surface area contributed by atoms with E-state index in [2.05, 4.69) is 60.6 Å². The molecule has 0 aliphatic heterocycles. The van der Waals surface area contributed by atoms with Gasteiger partial charge in [-0.1, -0.05) is 43.3 Å². The maximum absolute atomic E-state index is 4.37. The second-order valence-electron chi connectivity index (χ2n) is 8.17. The molecule has 1 heteroatoms. The number of allylic oxidation sites excluding steroid dienone is 2. The van der Waals surface area contributed by atoms with Crippen LogP contribution in [0.4, 0.5) is 0 Å². The topological polar surface area (TPSA) is 12.9 Å². The molecule has 1 aromatic carbocycles. The van der Waals surface area contributed by atoms with Crippen molar-refractivity contribution in [1.29, 1.82) is 0 Å². The Morgan fingerprint density at radius 3 is 2.88 bits per heavy atom. The highest BCUT2D eigenvalue weighted by atomic mass is 14.6. The molecule has 0 radical (unpaired) electrons. The first kappa shape index (κ1) is 14.5. The van der Waals surface area contributed by atoms with Gasteiger partial charge in [0.05, 0.1) is 0 Å². The lowest BCUT2D eigenvalue weighted by Crippen LogP contribution is -2.40. The summed E-state index contributed by atoms with van der Waals surface area (Å²) in [6.45, 7) is 2.53. The summed E-state index contributed by atoms with van der Waals surface area (Å²) in [6, 6.07) is 13.5. The standard InChI is InChI=1S/C23H25N/c1-23-13-12-19-18-7-3-2-5-16(18)8-9-20(19)22(23)11-10-21(23)17-6-4-14-24-15-17/h2-7,10,14-15,19-20,22H,8-9,11-13H2,1H3. The largest absolute Gasteiger partial charge is 0.264 e. The van der Waals surface area contributed by atoms with Gasteiger partial charge in [0.25, 0.3) is 0 Å². The first-order chi connectivity index (χ1) is 11.8. The molecule has 0 spiro atoms. The summed E-state index contributed by atoms with van der Waals surface area (Å²) in [5.74, 6) is 2.44. The Hall–Kier alpha value is -1.89. The van der Waals surface area contributed by atoms with E-state index in [9.17, 15) is 0 Å². The average Bonchev–Trinajstić information content (AvgIpc) is 2.99. The maximum Gasteiger partial charge on any atom is 0.0343 e. The third-order valence-corrected chi connectivity index (χ3v) is 7.19. The third kappa shape index (κ3) is 1.97. The Balaban J connectivity index is 1.51. The zero-order valence-electron chi connectivity index (χ0n) is 14.4. The molecule has 1 saturated carbocycles. The number of hydrogen-bond donors (Lipinski definition) is 0. The van der Waals surface area contributed by atoms with Crippen LogP contribution in [0.1, 0.15) is 55.2 Å². The van der Waals surface area contributed by atoms with Crippen molar-refractivity contribution < 1.29 is 0 Å². The van der Waals surface area contributed by atoms with E-state index >= 15 is 0 Å². The van der Waals surface area contributed by atoms with E-state index in [0.29, 0.717) is 5.41 Å². The summed E-state index contributed by atoms with van der Waals surface area (Å²) < 4.78 is 0. The summed E-state index contributed by atoms with van der Waals surface area (Å²) in [5, 5.41) is 0. The highest BCUT2D eigenvalue weighted by Gasteiger charge is 2.51. The molecule has 1 fully saturated rings. The lowest BCUT2D eigenvalue weighted by Gasteiger charge is -2.50. The minimum absolute atomic E-state index is 0.344. The number of aryl methyl sites for hydroxylation is 1. The molecule has 1 nitrogen and oxygen atoms in total. The van der Waals surface area contributed by atoms with Crippen LogP contribution < -0.4 is 0 Å². The summed E-state index contributed by atoms with van der Waals surface area (Å²) >= 11 is 0. The first-order valence-corrected chi connectivity index (χ1v) is 9.46. The predicted molar refractivity (Wildman–Crippen MR) is 98.7 cm³/mol. The fraction of sp³-hybridized carbons (Fsp3) is 0.435. The van der Waals surface area contributed by atoms with Gasteiger partial charge in [-0.25, -0.2) is 0 Å². The number of fused-ring (bicyclic) bond motifs is 5. The molecule has 1 heterocycles. The van der Waals surface area contributed by atoms with Crippen molar-refractivity contribution in [3.05, 3.63) is 71.6 Å². The third-order valence-electron chi connectivity index (χ3n) is 7.19. The first-order valence-electron chi connectivity index (χ1n) is 9.46. The highest BCUT2D eigenvalue weighted by molar-refractivity contribution is 5.72. The van der Waals surface area contributed by atoms with Crippen molar-refractivity contribution in [2.45, 2.75) is 44.9 Å². The van der Waals surface area contributed by atoms with Crippen molar-refractivity contribution in [3.63, 3.8) is 0 Å². The number of nitrogens with zero attached hydrogens (tertiary/aromatic N) is 1. The van der Waals surface area contributed by atoms with E-state index in [1.807, 2.05) is 6.20 Å². The molecule has 3 aliphatic rings. The predicted octanol–water partition coefficient (Wildman–Crippen LogP) is 5.63. The quantitative estimate of drug-likeness (QED) is 0.664. The van der Waals surface area contributed by atoms with Crippen LogP contribution in [-0.4, -0.2) is 4.98 Å². The van der Waals surface area contributed by atoms with Gasteiger partial charge in [-0.15, -0.1) is 0 Å². The zero-order valence-corrected chi connectivity index (χ0v) is 14.4. The number of hydrogen-bond acceptors (Lipinski definition) is 1. The molecule has 1 aromatic heterocycles. The summed E-state index contributed by atoms with van der Waals surface area (Å²) in [4.78, 5) is 4.37. The van der Waals surface area contributed by atoms with Gasteiger partial charge >= 0.3 is 0 Å². The van der Waals surface area contributed by atoms with E-state index < -0.39 is 0 Å². The maximum atomic E-state index is 4.37. The van der Waals surface area contributed by atoms with Gasteiger partial charge in [-0.3, -0.25) is 4.98 Å². The van der Waals surface area contributed by atoms with Gasteiger partial charge in [-0.05, 0) is 83.6 Å². The molecule has 0 amide bonds. The summed E-state index contributed by atoms with van der Waals surface area (Å²) in [5.41, 5.74) is 6.53. The molecule has 24 heavy (non-hydrogen) atoms. The van der Waals surface area contributed by atoms with Crippen molar-refractivity contribution in [2.24, 2.45) is 17.3 Å². The smallest absolute Gasteiger partial charge is 0.0343 e. The van der Waals surface area contributed by atoms with Gasteiger partial charge in [0.1, 0.15) is 0 Å². The van der Waals surface area contributed by atoms with Gasteiger partial charge < -0.3 is 0 Å². The van der Waals surface area contributed by atoms with Crippen LogP contribution in [-0.2, 0) is 6.42 Å². The molecule has 0 saturated heterocycles. The second-order valence-corrected chi connectivity index (χ2v) is 8.17. The van der Waals surface area contributed by atoms with Crippen LogP contribution in [0.3, 0.4) is 0 Å². The number of aromatic nitrogens is 1. The minimum atomic E-state index is 0.344. The molecule has 3 aliphatic carbocycles. The van der Waals surface area contributed by atoms with Crippen molar-refractivity contribution in [3.8, 4) is 0 Å². The molecule has 2 aromatic rings. The van der Waals surface area contributed by atoms with Crippen LogP contribution in [0.5, 0.6) is 0 Å². The Kier molecular flexibility index (Phi) is 3.20. The molecule has 0 bridgehead atoms. The van der Waals surface area contributed by atoms with Gasteiger partial charge in [-0.2, -0.15) is 0 Å². The highest BCUT2D eigenvalue weighted by Crippen LogP contribution is 2.62. The lowest BCUT2D eigenvalue weighted by molar-refractivity contribution is 0.0886. The lowest BCUT2D eigenvalue weighted by atomic mass is 9.54. The molecule has 0 N–H and O–H groups in total. The van der Waals surface area contributed by atoms with Crippen molar-refractivity contribution in [2.75, 3.05) is 0 Å². The van der Waals surface area contributed by atoms with E-state index in [4.69, 9.17) is 0 Å². The van der Waals surface area contributed by atoms with E-state index in [0.717, 1.165) is 17.8 Å². The Morgan fingerprint density at radius 2 is 2.00 bits per heavy atom. The van der Waals surface area contributed by atoms with E-state index in [-0.39, 0.29) is 0 Å². The normalized spacial score (nSPS) is 34.0. The van der Waals surface area contributed by atoms with Gasteiger partial charge in [0, 0.05) is 12.4 Å². The van der Waals surface area contributed by atoms with Gasteiger partial charge in [0.2, 0.25) is 0 Å². The van der Waals surface area contributed by atoms with Crippen LogP contribution in [0, 0.1) is 17.3 Å². The van der Waals surface area contributed by atoms with Gasteiger partial charge in [0.15, 0.2) is 0 Å². The number of rotatable bonds is 1. The zero-order chi connectivity index (χ0) is 16.1. The summed E-state index contributed by atoms with van der Waals surface area (Å²) in [7, 11) is 0. The monoisotopic (exact) mass is 315 g/mol. The molecule has 4 atom stereocenters. The Bertz CT molecular complexity index is 791. The molecular formula is C23H25N. The fourth-order valence-electron chi connectivity index (χ4n) is 6.06. The van der Waals surface area contributed by atoms with Crippen LogP contribution >= 0.6 is 0 Å². The van der Waals surface area contributed by atoms with Crippen molar-refractivity contribution >= 4 is 5.57 Å². The van der Waals surface area contributed by atoms with Crippen LogP contribution in [0.2, 0.25) is 0 Å². The average molecular weight is 315 g/mol. The van der Waals surface area contributed by atoms with E-state index in [1.54, 1.807) is 16.7 Å². The van der Waals surface area contributed by atoms with Crippen molar-refractivity contribution in [1.82, 2.24) is 4.98 Å². The summed E-state index contributed by atoms with van der Waals surface area (Å²) in [6.07, 6.45) is 13.0. The fourth-order valence-corrected chi connectivity index (χ4v) is 6.06. The molecule has 5 rings (SSSR count). The second kappa shape index (κ2) is 5.31. The van der Waals surface area contributed by atoms with E-state index in [1.165, 1.54) is 37.7 Å². The SMILES string of the molecule is CC12CCC3c4ccccc4CCC3C1CC=C2c1cccnc1. The van der Waals surface area contributed by atoms with Crippen LogP contribution in [0.25, 0.3) is 5.57 Å². The molecular weight excluding hydrogens is 290 g/mol. The number of pyridine rings is 1. The minimum Gasteiger partial charge on any atom is -0.264 e. The molecule has 4 unspecified atom stereocenters. The Morgan fingerprint density at radius 1 is 1.08 bits per heavy atom. The number of benzene rings is 1. The molecule has 122 valence electrons.